The molecule has 0 bridgehead atoms. The molecule has 2 aromatic carbocycles. The standard InChI is InChI=1S/C23H30N2O2/c1-5-11-24-23(27)19(4)25(16-20-9-7-6-8-10-20)22(26)15-21-13-17(2)12-18(3)14-21/h6-10,12-14,19H,5,11,15-16H2,1-4H3,(H,24,27)/t19-/m1/s1. The van der Waals surface area contributed by atoms with Gasteiger partial charge in [0, 0.05) is 13.1 Å². The summed E-state index contributed by atoms with van der Waals surface area (Å²) in [6.07, 6.45) is 1.16. The highest BCUT2D eigenvalue weighted by Gasteiger charge is 2.26. The third-order valence-corrected chi connectivity index (χ3v) is 4.55. The van der Waals surface area contributed by atoms with Crippen molar-refractivity contribution in [2.45, 2.75) is 53.1 Å². The van der Waals surface area contributed by atoms with E-state index < -0.39 is 6.04 Å². The SMILES string of the molecule is CCCNC(=O)[C@@H](C)N(Cc1ccccc1)C(=O)Cc1cc(C)cc(C)c1. The highest BCUT2D eigenvalue weighted by atomic mass is 16.2. The van der Waals surface area contributed by atoms with Crippen LogP contribution in [0.25, 0.3) is 0 Å². The van der Waals surface area contributed by atoms with Crippen LogP contribution in [0.4, 0.5) is 0 Å². The monoisotopic (exact) mass is 366 g/mol. The minimum atomic E-state index is -0.518. The molecule has 0 aromatic heterocycles. The fourth-order valence-corrected chi connectivity index (χ4v) is 3.21. The van der Waals surface area contributed by atoms with E-state index in [1.807, 2.05) is 63.2 Å². The minimum Gasteiger partial charge on any atom is -0.354 e. The number of benzene rings is 2. The lowest BCUT2D eigenvalue weighted by atomic mass is 10.0. The molecule has 0 saturated heterocycles. The first-order valence-corrected chi connectivity index (χ1v) is 9.59. The maximum atomic E-state index is 13.1. The number of hydrogen-bond donors (Lipinski definition) is 1. The van der Waals surface area contributed by atoms with E-state index in [1.165, 1.54) is 0 Å². The Morgan fingerprint density at radius 3 is 2.22 bits per heavy atom. The van der Waals surface area contributed by atoms with Crippen molar-refractivity contribution in [1.82, 2.24) is 10.2 Å². The van der Waals surface area contributed by atoms with Gasteiger partial charge in [-0.1, -0.05) is 66.6 Å². The predicted octanol–water partition coefficient (Wildman–Crippen LogP) is 3.79. The van der Waals surface area contributed by atoms with Crippen LogP contribution in [0.1, 0.15) is 42.5 Å². The number of nitrogens with one attached hydrogen (secondary N) is 1. The first-order chi connectivity index (χ1) is 12.9. The average Bonchev–Trinajstić information content (AvgIpc) is 2.63. The molecule has 0 aliphatic rings. The Balaban J connectivity index is 2.21. The van der Waals surface area contributed by atoms with E-state index in [0.29, 0.717) is 19.5 Å². The van der Waals surface area contributed by atoms with Gasteiger partial charge in [-0.25, -0.2) is 0 Å². The topological polar surface area (TPSA) is 49.4 Å². The van der Waals surface area contributed by atoms with Crippen LogP contribution in [0, 0.1) is 13.8 Å². The largest absolute Gasteiger partial charge is 0.354 e. The van der Waals surface area contributed by atoms with Gasteiger partial charge in [0.15, 0.2) is 0 Å². The van der Waals surface area contributed by atoms with E-state index in [4.69, 9.17) is 0 Å². The molecule has 2 rings (SSSR count). The van der Waals surface area contributed by atoms with Crippen LogP contribution in [0.2, 0.25) is 0 Å². The van der Waals surface area contributed by atoms with Crippen molar-refractivity contribution in [3.63, 3.8) is 0 Å². The molecule has 4 nitrogen and oxygen atoms in total. The number of amides is 2. The lowest BCUT2D eigenvalue weighted by Crippen LogP contribution is -2.48. The van der Waals surface area contributed by atoms with Gasteiger partial charge in [-0.2, -0.15) is 0 Å². The van der Waals surface area contributed by atoms with Gasteiger partial charge < -0.3 is 10.2 Å². The van der Waals surface area contributed by atoms with Gasteiger partial charge in [0.2, 0.25) is 11.8 Å². The Bertz CT molecular complexity index is 751. The summed E-state index contributed by atoms with van der Waals surface area (Å²) >= 11 is 0. The first-order valence-electron chi connectivity index (χ1n) is 9.59. The van der Waals surface area contributed by atoms with Crippen LogP contribution in [-0.4, -0.2) is 29.3 Å². The van der Waals surface area contributed by atoms with Crippen molar-refractivity contribution >= 4 is 11.8 Å². The van der Waals surface area contributed by atoms with Gasteiger partial charge in [-0.05, 0) is 38.3 Å². The molecule has 0 spiro atoms. The van der Waals surface area contributed by atoms with E-state index in [1.54, 1.807) is 11.8 Å². The molecule has 2 aromatic rings. The van der Waals surface area contributed by atoms with Crippen LogP contribution in [-0.2, 0) is 22.6 Å². The summed E-state index contributed by atoms with van der Waals surface area (Å²) in [4.78, 5) is 27.3. The zero-order valence-corrected chi connectivity index (χ0v) is 16.8. The number of nitrogens with zero attached hydrogens (tertiary/aromatic N) is 1. The zero-order chi connectivity index (χ0) is 19.8. The molecule has 27 heavy (non-hydrogen) atoms. The van der Waals surface area contributed by atoms with Crippen LogP contribution in [0.15, 0.2) is 48.5 Å². The summed E-state index contributed by atoms with van der Waals surface area (Å²) in [6.45, 7) is 8.91. The van der Waals surface area contributed by atoms with Gasteiger partial charge in [0.1, 0.15) is 6.04 Å². The summed E-state index contributed by atoms with van der Waals surface area (Å²) in [5.74, 6) is -0.149. The van der Waals surface area contributed by atoms with Crippen LogP contribution >= 0.6 is 0 Å². The van der Waals surface area contributed by atoms with E-state index in [2.05, 4.69) is 11.4 Å². The van der Waals surface area contributed by atoms with Crippen LogP contribution < -0.4 is 5.32 Å². The predicted molar refractivity (Wildman–Crippen MR) is 109 cm³/mol. The minimum absolute atomic E-state index is 0.0389. The number of rotatable bonds is 8. The van der Waals surface area contributed by atoms with Gasteiger partial charge in [-0.15, -0.1) is 0 Å². The lowest BCUT2D eigenvalue weighted by Gasteiger charge is -2.29. The van der Waals surface area contributed by atoms with Crippen molar-refractivity contribution in [1.29, 1.82) is 0 Å². The van der Waals surface area contributed by atoms with Gasteiger partial charge >= 0.3 is 0 Å². The van der Waals surface area contributed by atoms with Crippen LogP contribution in [0.5, 0.6) is 0 Å². The Hall–Kier alpha value is -2.62. The summed E-state index contributed by atoms with van der Waals surface area (Å²) in [7, 11) is 0. The summed E-state index contributed by atoms with van der Waals surface area (Å²) in [5, 5.41) is 2.90. The molecule has 1 N–H and O–H groups in total. The van der Waals surface area contributed by atoms with E-state index in [-0.39, 0.29) is 11.8 Å². The Kier molecular flexibility index (Phi) is 7.59. The zero-order valence-electron chi connectivity index (χ0n) is 16.8. The van der Waals surface area contributed by atoms with Gasteiger partial charge in [0.25, 0.3) is 0 Å². The molecule has 0 radical (unpaired) electrons. The molecular formula is C23H30N2O2. The second kappa shape index (κ2) is 9.91. The molecular weight excluding hydrogens is 336 g/mol. The Morgan fingerprint density at radius 2 is 1.63 bits per heavy atom. The van der Waals surface area contributed by atoms with Gasteiger partial charge in [0.05, 0.1) is 6.42 Å². The molecule has 0 saturated carbocycles. The highest BCUT2D eigenvalue weighted by Crippen LogP contribution is 2.14. The fraction of sp³-hybridized carbons (Fsp3) is 0.391. The molecule has 2 amide bonds. The molecule has 0 fully saturated rings. The maximum Gasteiger partial charge on any atom is 0.242 e. The summed E-state index contributed by atoms with van der Waals surface area (Å²) < 4.78 is 0. The summed E-state index contributed by atoms with van der Waals surface area (Å²) in [6, 6.07) is 15.4. The number of carbonyl (C=O) groups excluding carboxylic acids is 2. The van der Waals surface area contributed by atoms with Crippen molar-refractivity contribution in [3.05, 3.63) is 70.8 Å². The van der Waals surface area contributed by atoms with Crippen molar-refractivity contribution in [3.8, 4) is 0 Å². The average molecular weight is 367 g/mol. The number of carbonyl (C=O) groups is 2. The number of hydrogen-bond acceptors (Lipinski definition) is 2. The second-order valence-electron chi connectivity index (χ2n) is 7.15. The Morgan fingerprint density at radius 1 is 1.00 bits per heavy atom. The number of aryl methyl sites for hydroxylation is 2. The third kappa shape index (κ3) is 6.24. The van der Waals surface area contributed by atoms with Crippen LogP contribution in [0.3, 0.4) is 0 Å². The molecule has 0 heterocycles. The summed E-state index contributed by atoms with van der Waals surface area (Å²) in [5.41, 5.74) is 4.28. The molecule has 4 heteroatoms. The first kappa shape index (κ1) is 20.7. The maximum absolute atomic E-state index is 13.1. The smallest absolute Gasteiger partial charge is 0.242 e. The molecule has 1 atom stereocenters. The molecule has 0 unspecified atom stereocenters. The quantitative estimate of drug-likeness (QED) is 0.773. The fourth-order valence-electron chi connectivity index (χ4n) is 3.21. The normalized spacial score (nSPS) is 11.7. The van der Waals surface area contributed by atoms with E-state index in [0.717, 1.165) is 28.7 Å². The van der Waals surface area contributed by atoms with Crippen molar-refractivity contribution in [2.75, 3.05) is 6.54 Å². The van der Waals surface area contributed by atoms with Crippen molar-refractivity contribution in [2.24, 2.45) is 0 Å². The highest BCUT2D eigenvalue weighted by molar-refractivity contribution is 5.88. The second-order valence-corrected chi connectivity index (χ2v) is 7.15. The van der Waals surface area contributed by atoms with E-state index in [9.17, 15) is 9.59 Å². The lowest BCUT2D eigenvalue weighted by molar-refractivity contribution is -0.140. The molecule has 0 aliphatic carbocycles. The molecule has 144 valence electrons. The third-order valence-electron chi connectivity index (χ3n) is 4.55. The Labute approximate surface area is 162 Å². The van der Waals surface area contributed by atoms with E-state index >= 15 is 0 Å². The van der Waals surface area contributed by atoms with Gasteiger partial charge in [-0.3, -0.25) is 9.59 Å². The van der Waals surface area contributed by atoms with Crippen molar-refractivity contribution < 1.29 is 9.59 Å². The molecule has 0 aliphatic heterocycles.